The lowest BCUT2D eigenvalue weighted by Crippen LogP contribution is -2.01. The van der Waals surface area contributed by atoms with Crippen molar-refractivity contribution in [3.63, 3.8) is 0 Å². The van der Waals surface area contributed by atoms with Gasteiger partial charge in [0.05, 0.1) is 17.9 Å². The second-order valence-corrected chi connectivity index (χ2v) is 5.11. The monoisotopic (exact) mass is 289 g/mol. The Morgan fingerprint density at radius 3 is 2.82 bits per heavy atom. The van der Waals surface area contributed by atoms with Crippen LogP contribution in [-0.2, 0) is 6.54 Å². The van der Waals surface area contributed by atoms with Gasteiger partial charge in [0.2, 0.25) is 0 Å². The van der Waals surface area contributed by atoms with E-state index in [1.807, 2.05) is 54.7 Å². The van der Waals surface area contributed by atoms with Gasteiger partial charge >= 0.3 is 0 Å². The summed E-state index contributed by atoms with van der Waals surface area (Å²) in [6.07, 6.45) is 1.89. The lowest BCUT2D eigenvalue weighted by molar-refractivity contribution is 0.977. The van der Waals surface area contributed by atoms with Crippen molar-refractivity contribution < 1.29 is 0 Å². The van der Waals surface area contributed by atoms with E-state index in [9.17, 15) is 0 Å². The van der Waals surface area contributed by atoms with Gasteiger partial charge in [-0.2, -0.15) is 5.10 Å². The maximum absolute atomic E-state index is 4.51. The average Bonchev–Trinajstić information content (AvgIpc) is 3.22. The number of hydrogen-bond acceptors (Lipinski definition) is 3. The zero-order valence-electron chi connectivity index (χ0n) is 11.9. The molecule has 108 valence electrons. The van der Waals surface area contributed by atoms with E-state index in [2.05, 4.69) is 31.5 Å². The number of rotatable bonds is 4. The van der Waals surface area contributed by atoms with Crippen molar-refractivity contribution in [3.05, 3.63) is 66.5 Å². The molecule has 3 aromatic heterocycles. The van der Waals surface area contributed by atoms with Gasteiger partial charge in [-0.25, -0.2) is 4.98 Å². The summed E-state index contributed by atoms with van der Waals surface area (Å²) in [7, 11) is 0. The summed E-state index contributed by atoms with van der Waals surface area (Å²) in [6.45, 7) is 0.652. The first kappa shape index (κ1) is 12.6. The highest BCUT2D eigenvalue weighted by atomic mass is 15.1. The molecule has 4 rings (SSSR count). The van der Waals surface area contributed by atoms with Gasteiger partial charge in [-0.05, 0) is 24.3 Å². The summed E-state index contributed by atoms with van der Waals surface area (Å²) >= 11 is 0. The number of fused-ring (bicyclic) bond motifs is 1. The van der Waals surface area contributed by atoms with Crippen LogP contribution in [0.4, 0.5) is 5.82 Å². The molecule has 0 aliphatic carbocycles. The van der Waals surface area contributed by atoms with Crippen molar-refractivity contribution in [1.29, 1.82) is 0 Å². The van der Waals surface area contributed by atoms with Gasteiger partial charge in [-0.1, -0.05) is 30.3 Å². The molecule has 22 heavy (non-hydrogen) atoms. The molecule has 0 amide bonds. The number of pyridine rings is 1. The molecule has 0 unspecified atom stereocenters. The van der Waals surface area contributed by atoms with Crippen LogP contribution in [0.2, 0.25) is 0 Å². The first-order valence-electron chi connectivity index (χ1n) is 7.16. The smallest absolute Gasteiger partial charge is 0.139 e. The molecule has 0 fully saturated rings. The fraction of sp³-hybridized carbons (Fsp3) is 0.0588. The quantitative estimate of drug-likeness (QED) is 0.538. The summed E-state index contributed by atoms with van der Waals surface area (Å²) in [5, 5.41) is 11.8. The van der Waals surface area contributed by atoms with Gasteiger partial charge in [-0.15, -0.1) is 0 Å². The molecular weight excluding hydrogens is 274 g/mol. The van der Waals surface area contributed by atoms with E-state index in [1.165, 1.54) is 0 Å². The summed E-state index contributed by atoms with van der Waals surface area (Å²) < 4.78 is 0. The highest BCUT2D eigenvalue weighted by Crippen LogP contribution is 2.18. The predicted molar refractivity (Wildman–Crippen MR) is 87.4 cm³/mol. The Morgan fingerprint density at radius 1 is 1.00 bits per heavy atom. The topological polar surface area (TPSA) is 69.4 Å². The molecule has 0 saturated heterocycles. The molecule has 3 heterocycles. The number of hydrogen-bond donors (Lipinski definition) is 3. The van der Waals surface area contributed by atoms with Crippen molar-refractivity contribution in [1.82, 2.24) is 20.2 Å². The molecule has 3 N–H and O–H groups in total. The Hall–Kier alpha value is -3.08. The van der Waals surface area contributed by atoms with Crippen LogP contribution >= 0.6 is 0 Å². The molecule has 0 saturated carbocycles. The molecule has 5 nitrogen and oxygen atoms in total. The number of aromatic nitrogens is 4. The third-order valence-electron chi connectivity index (χ3n) is 3.57. The van der Waals surface area contributed by atoms with Gasteiger partial charge < -0.3 is 10.3 Å². The maximum atomic E-state index is 4.51. The van der Waals surface area contributed by atoms with Crippen molar-refractivity contribution in [2.45, 2.75) is 6.54 Å². The lowest BCUT2D eigenvalue weighted by Gasteiger charge is -2.03. The average molecular weight is 289 g/mol. The number of H-pyrrole nitrogens is 2. The van der Waals surface area contributed by atoms with E-state index in [0.717, 1.165) is 33.8 Å². The molecule has 0 radical (unpaired) electrons. The first-order chi connectivity index (χ1) is 10.9. The molecule has 4 aromatic rings. The second kappa shape index (κ2) is 5.37. The second-order valence-electron chi connectivity index (χ2n) is 5.11. The minimum atomic E-state index is 0.652. The van der Waals surface area contributed by atoms with Gasteiger partial charge in [0.15, 0.2) is 0 Å². The molecule has 0 spiro atoms. The van der Waals surface area contributed by atoms with Crippen LogP contribution in [-0.4, -0.2) is 20.2 Å². The maximum Gasteiger partial charge on any atom is 0.139 e. The molecule has 0 aliphatic rings. The fourth-order valence-corrected chi connectivity index (χ4v) is 2.42. The largest absolute Gasteiger partial charge is 0.364 e. The van der Waals surface area contributed by atoms with Gasteiger partial charge in [0.1, 0.15) is 11.5 Å². The number of benzene rings is 1. The standard InChI is InChI=1S/C17H15N5/c1-2-4-12(5-3-1)15-10-14(21-22-15)11-19-16-7-6-13-8-9-18-17(13)20-16/h1-10H,11H2,(H,21,22)(H2,18,19,20). The van der Waals surface area contributed by atoms with Crippen molar-refractivity contribution in [3.8, 4) is 11.3 Å². The van der Waals surface area contributed by atoms with Crippen LogP contribution in [0.5, 0.6) is 0 Å². The summed E-state index contributed by atoms with van der Waals surface area (Å²) in [4.78, 5) is 7.63. The summed E-state index contributed by atoms with van der Waals surface area (Å²) in [5.74, 6) is 0.839. The SMILES string of the molecule is c1ccc(-c2cc(CNc3ccc4cc[nH]c4n3)[nH]n2)cc1. The van der Waals surface area contributed by atoms with Crippen molar-refractivity contribution >= 4 is 16.9 Å². The Morgan fingerprint density at radius 2 is 1.91 bits per heavy atom. The lowest BCUT2D eigenvalue weighted by atomic mass is 10.1. The summed E-state index contributed by atoms with van der Waals surface area (Å²) in [5.41, 5.74) is 3.97. The first-order valence-corrected chi connectivity index (χ1v) is 7.16. The van der Waals surface area contributed by atoms with E-state index in [-0.39, 0.29) is 0 Å². The van der Waals surface area contributed by atoms with Crippen molar-refractivity contribution in [2.75, 3.05) is 5.32 Å². The van der Waals surface area contributed by atoms with E-state index < -0.39 is 0 Å². The third kappa shape index (κ3) is 2.44. The fourth-order valence-electron chi connectivity index (χ4n) is 2.42. The molecular formula is C17H15N5. The number of anilines is 1. The van der Waals surface area contributed by atoms with Crippen LogP contribution in [0.3, 0.4) is 0 Å². The highest BCUT2D eigenvalue weighted by Gasteiger charge is 2.04. The minimum Gasteiger partial charge on any atom is -0.364 e. The number of nitrogens with zero attached hydrogens (tertiary/aromatic N) is 2. The van der Waals surface area contributed by atoms with Crippen LogP contribution < -0.4 is 5.32 Å². The van der Waals surface area contributed by atoms with Gasteiger partial charge in [0.25, 0.3) is 0 Å². The Bertz CT molecular complexity index is 891. The predicted octanol–water partition coefficient (Wildman–Crippen LogP) is 3.57. The zero-order chi connectivity index (χ0) is 14.8. The minimum absolute atomic E-state index is 0.652. The zero-order valence-corrected chi connectivity index (χ0v) is 11.9. The van der Waals surface area contributed by atoms with Crippen molar-refractivity contribution in [2.24, 2.45) is 0 Å². The van der Waals surface area contributed by atoms with Crippen LogP contribution in [0, 0.1) is 0 Å². The molecule has 5 heteroatoms. The van der Waals surface area contributed by atoms with E-state index in [0.29, 0.717) is 6.54 Å². The molecule has 1 aromatic carbocycles. The van der Waals surface area contributed by atoms with E-state index >= 15 is 0 Å². The van der Waals surface area contributed by atoms with Crippen LogP contribution in [0.25, 0.3) is 22.3 Å². The number of aromatic amines is 2. The van der Waals surface area contributed by atoms with E-state index in [4.69, 9.17) is 0 Å². The van der Waals surface area contributed by atoms with Gasteiger partial charge in [-0.3, -0.25) is 5.10 Å². The normalized spacial score (nSPS) is 10.9. The molecule has 0 aliphatic heterocycles. The third-order valence-corrected chi connectivity index (χ3v) is 3.57. The number of nitrogens with one attached hydrogen (secondary N) is 3. The summed E-state index contributed by atoms with van der Waals surface area (Å²) in [6, 6.07) is 18.2. The van der Waals surface area contributed by atoms with E-state index in [1.54, 1.807) is 0 Å². The Labute approximate surface area is 127 Å². The highest BCUT2D eigenvalue weighted by molar-refractivity contribution is 5.77. The molecule has 0 bridgehead atoms. The Kier molecular flexibility index (Phi) is 3.08. The molecule has 0 atom stereocenters. The van der Waals surface area contributed by atoms with Gasteiger partial charge in [0, 0.05) is 17.1 Å². The van der Waals surface area contributed by atoms with Crippen LogP contribution in [0.15, 0.2) is 60.8 Å². The van der Waals surface area contributed by atoms with Crippen LogP contribution in [0.1, 0.15) is 5.69 Å². The Balaban J connectivity index is 1.48.